The van der Waals surface area contributed by atoms with Gasteiger partial charge in [-0.1, -0.05) is 57.5 Å². The second kappa shape index (κ2) is 11.8. The van der Waals surface area contributed by atoms with E-state index < -0.39 is 9.84 Å². The summed E-state index contributed by atoms with van der Waals surface area (Å²) in [6.07, 6.45) is 7.26. The zero-order chi connectivity index (χ0) is 31.4. The number of imidazole rings is 2. The maximum atomic E-state index is 12.7. The third-order valence-corrected chi connectivity index (χ3v) is 11.4. The SMILES string of the molecule is CC(C)(C)Cc1nc2cc(Br)ccc2n1CC1CC1.CC(C)(C)Cc1nc2cc(S(=O)(=O)C3CNC3)ccc2n1CC1CC1. The standard InChI is InChI=1S/C19H27N3O2S.C16H21BrN2/c1-19(2,3)9-18-21-16-8-14(25(23,24)15-10-20-11-15)6-7-17(16)22(18)12-13-4-5-13;1-16(2,3)9-15-18-13-8-12(17)6-7-14(13)19(15)10-11-4-5-11/h6-8,13,15,20H,4-5,9-12H2,1-3H3;6-8,11H,4-5,9-10H2,1-3H3. The lowest BCUT2D eigenvalue weighted by molar-refractivity contribution is 0.390. The molecule has 0 unspecified atom stereocenters. The van der Waals surface area contributed by atoms with Crippen molar-refractivity contribution < 1.29 is 8.42 Å². The van der Waals surface area contributed by atoms with Gasteiger partial charge in [0, 0.05) is 43.5 Å². The Labute approximate surface area is 271 Å². The Morgan fingerprint density at radius 1 is 0.773 bits per heavy atom. The summed E-state index contributed by atoms with van der Waals surface area (Å²) in [4.78, 5) is 10.1. The number of halogens is 1. The number of sulfone groups is 1. The van der Waals surface area contributed by atoms with Gasteiger partial charge in [0.25, 0.3) is 0 Å². The van der Waals surface area contributed by atoms with E-state index in [1.165, 1.54) is 37.0 Å². The first-order valence-electron chi connectivity index (χ1n) is 16.2. The molecule has 2 saturated carbocycles. The van der Waals surface area contributed by atoms with Crippen LogP contribution in [0.4, 0.5) is 0 Å². The monoisotopic (exact) mass is 681 g/mol. The molecule has 1 N–H and O–H groups in total. The highest BCUT2D eigenvalue weighted by Gasteiger charge is 2.33. The number of nitrogens with zero attached hydrogens (tertiary/aromatic N) is 4. The molecule has 0 bridgehead atoms. The summed E-state index contributed by atoms with van der Waals surface area (Å²) in [6, 6.07) is 11.9. The molecular formula is C35H48BrN5O2S. The fourth-order valence-electron chi connectivity index (χ4n) is 5.91. The van der Waals surface area contributed by atoms with Crippen LogP contribution in [0, 0.1) is 22.7 Å². The highest BCUT2D eigenvalue weighted by molar-refractivity contribution is 9.10. The Hall–Kier alpha value is -2.23. The third-order valence-electron chi connectivity index (χ3n) is 8.75. The molecule has 3 heterocycles. The second-order valence-corrected chi connectivity index (χ2v) is 18.9. The quantitative estimate of drug-likeness (QED) is 0.207. The van der Waals surface area contributed by atoms with Crippen molar-refractivity contribution in [3.8, 4) is 0 Å². The van der Waals surface area contributed by atoms with E-state index in [4.69, 9.17) is 9.97 Å². The minimum Gasteiger partial charge on any atom is -0.328 e. The molecule has 0 radical (unpaired) electrons. The Balaban J connectivity index is 0.000000162. The molecule has 2 aliphatic carbocycles. The van der Waals surface area contributed by atoms with Gasteiger partial charge in [-0.2, -0.15) is 0 Å². The van der Waals surface area contributed by atoms with Gasteiger partial charge in [-0.25, -0.2) is 18.4 Å². The van der Waals surface area contributed by atoms with Gasteiger partial charge in [0.05, 0.1) is 32.2 Å². The van der Waals surface area contributed by atoms with Crippen LogP contribution in [-0.4, -0.2) is 45.9 Å². The molecule has 0 amide bonds. The van der Waals surface area contributed by atoms with Crippen molar-refractivity contribution in [2.45, 2.75) is 103 Å². The number of hydrogen-bond acceptors (Lipinski definition) is 5. The minimum atomic E-state index is -3.25. The van der Waals surface area contributed by atoms with Gasteiger partial charge in [0.2, 0.25) is 0 Å². The van der Waals surface area contributed by atoms with E-state index in [1.54, 1.807) is 12.1 Å². The van der Waals surface area contributed by atoms with E-state index >= 15 is 0 Å². The maximum absolute atomic E-state index is 12.7. The predicted molar refractivity (Wildman–Crippen MR) is 183 cm³/mol. The van der Waals surface area contributed by atoms with Crippen LogP contribution < -0.4 is 5.32 Å². The van der Waals surface area contributed by atoms with Crippen LogP contribution in [0.3, 0.4) is 0 Å². The van der Waals surface area contributed by atoms with Crippen molar-refractivity contribution in [3.63, 3.8) is 0 Å². The van der Waals surface area contributed by atoms with Gasteiger partial charge in [0.15, 0.2) is 9.84 Å². The lowest BCUT2D eigenvalue weighted by atomic mass is 9.92. The molecule has 238 valence electrons. The van der Waals surface area contributed by atoms with Gasteiger partial charge in [0.1, 0.15) is 11.6 Å². The van der Waals surface area contributed by atoms with E-state index in [2.05, 4.69) is 90.1 Å². The first-order valence-corrected chi connectivity index (χ1v) is 18.6. The number of nitrogens with one attached hydrogen (secondary N) is 1. The molecule has 9 heteroatoms. The van der Waals surface area contributed by atoms with E-state index in [0.29, 0.717) is 18.0 Å². The van der Waals surface area contributed by atoms with Crippen molar-refractivity contribution in [3.05, 3.63) is 52.5 Å². The third kappa shape index (κ3) is 7.42. The lowest BCUT2D eigenvalue weighted by Crippen LogP contribution is -2.51. The normalized spacial score (nSPS) is 18.0. The summed E-state index contributed by atoms with van der Waals surface area (Å²) in [6.45, 7) is 16.7. The number of benzene rings is 2. The molecule has 44 heavy (non-hydrogen) atoms. The number of aromatic nitrogens is 4. The molecule has 0 atom stereocenters. The molecule has 7 nitrogen and oxygen atoms in total. The van der Waals surface area contributed by atoms with E-state index in [-0.39, 0.29) is 16.1 Å². The van der Waals surface area contributed by atoms with Crippen LogP contribution in [-0.2, 0) is 35.8 Å². The second-order valence-electron chi connectivity index (χ2n) is 15.7. The molecule has 3 aliphatic rings. The largest absolute Gasteiger partial charge is 0.328 e. The van der Waals surface area contributed by atoms with E-state index in [0.717, 1.165) is 64.6 Å². The summed E-state index contributed by atoms with van der Waals surface area (Å²) in [7, 11) is -3.25. The summed E-state index contributed by atoms with van der Waals surface area (Å²) in [5.41, 5.74) is 4.71. The van der Waals surface area contributed by atoms with Gasteiger partial charge in [-0.3, -0.25) is 0 Å². The Morgan fingerprint density at radius 3 is 1.68 bits per heavy atom. The predicted octanol–water partition coefficient (Wildman–Crippen LogP) is 7.58. The maximum Gasteiger partial charge on any atom is 0.183 e. The molecular weight excluding hydrogens is 634 g/mol. The zero-order valence-electron chi connectivity index (χ0n) is 27.2. The number of hydrogen-bond donors (Lipinski definition) is 1. The molecule has 4 aromatic rings. The molecule has 1 aliphatic heterocycles. The summed E-state index contributed by atoms with van der Waals surface area (Å²) < 4.78 is 31.3. The van der Waals surface area contributed by atoms with Crippen LogP contribution in [0.25, 0.3) is 22.1 Å². The van der Waals surface area contributed by atoms with Gasteiger partial charge in [-0.15, -0.1) is 0 Å². The minimum absolute atomic E-state index is 0.148. The topological polar surface area (TPSA) is 81.8 Å². The molecule has 2 aromatic carbocycles. The van der Waals surface area contributed by atoms with E-state index in [1.807, 2.05) is 6.07 Å². The summed E-state index contributed by atoms with van der Waals surface area (Å²) >= 11 is 3.54. The van der Waals surface area contributed by atoms with Crippen molar-refractivity contribution in [2.75, 3.05) is 13.1 Å². The summed E-state index contributed by atoms with van der Waals surface area (Å²) in [5, 5.41) is 2.74. The molecule has 2 aromatic heterocycles. The van der Waals surface area contributed by atoms with Crippen LogP contribution in [0.2, 0.25) is 0 Å². The van der Waals surface area contributed by atoms with Gasteiger partial charge < -0.3 is 14.5 Å². The van der Waals surface area contributed by atoms with Crippen LogP contribution in [0.5, 0.6) is 0 Å². The van der Waals surface area contributed by atoms with Crippen LogP contribution in [0.15, 0.2) is 45.8 Å². The fraction of sp³-hybridized carbons (Fsp3) is 0.600. The first-order chi connectivity index (χ1) is 20.7. The number of rotatable bonds is 8. The molecule has 3 fully saturated rings. The first kappa shape index (κ1) is 31.7. The number of fused-ring (bicyclic) bond motifs is 2. The smallest absolute Gasteiger partial charge is 0.183 e. The average Bonchev–Trinajstić information content (AvgIpc) is 3.79. The van der Waals surface area contributed by atoms with Crippen molar-refractivity contribution in [2.24, 2.45) is 22.7 Å². The zero-order valence-corrected chi connectivity index (χ0v) is 29.6. The van der Waals surface area contributed by atoms with E-state index in [9.17, 15) is 8.42 Å². The lowest BCUT2D eigenvalue weighted by Gasteiger charge is -2.26. The average molecular weight is 683 g/mol. The summed E-state index contributed by atoms with van der Waals surface area (Å²) in [5.74, 6) is 3.95. The Bertz CT molecular complexity index is 1760. The fourth-order valence-corrected chi connectivity index (χ4v) is 7.85. The Kier molecular flexibility index (Phi) is 8.55. The van der Waals surface area contributed by atoms with Gasteiger partial charge in [-0.05, 0) is 84.7 Å². The Morgan fingerprint density at radius 2 is 1.25 bits per heavy atom. The van der Waals surface area contributed by atoms with Crippen LogP contribution >= 0.6 is 15.9 Å². The van der Waals surface area contributed by atoms with Crippen molar-refractivity contribution in [1.29, 1.82) is 0 Å². The van der Waals surface area contributed by atoms with Crippen LogP contribution in [0.1, 0.15) is 78.9 Å². The van der Waals surface area contributed by atoms with Gasteiger partial charge >= 0.3 is 0 Å². The highest BCUT2D eigenvalue weighted by atomic mass is 79.9. The van der Waals surface area contributed by atoms with Crippen molar-refractivity contribution in [1.82, 2.24) is 24.4 Å². The van der Waals surface area contributed by atoms with Crippen molar-refractivity contribution >= 4 is 47.8 Å². The molecule has 0 spiro atoms. The molecule has 1 saturated heterocycles. The highest BCUT2D eigenvalue weighted by Crippen LogP contribution is 2.35. The molecule has 7 rings (SSSR count).